The van der Waals surface area contributed by atoms with Crippen molar-refractivity contribution in [2.45, 2.75) is 11.4 Å². The van der Waals surface area contributed by atoms with Crippen molar-refractivity contribution < 1.29 is 32.2 Å². The molecule has 0 unspecified atom stereocenters. The largest absolute Gasteiger partial charge is 0.497 e. The number of anilines is 1. The highest BCUT2D eigenvalue weighted by molar-refractivity contribution is 7.92. The molecule has 0 aliphatic carbocycles. The van der Waals surface area contributed by atoms with Gasteiger partial charge in [0.05, 0.1) is 17.0 Å². The molecule has 0 spiro atoms. The summed E-state index contributed by atoms with van der Waals surface area (Å²) in [5.41, 5.74) is 1.51. The number of methoxy groups -OCH3 is 1. The molecule has 0 aromatic heterocycles. The van der Waals surface area contributed by atoms with Gasteiger partial charge in [-0.1, -0.05) is 17.7 Å². The van der Waals surface area contributed by atoms with Crippen LogP contribution in [0.15, 0.2) is 65.6 Å². The monoisotopic (exact) mass is 573 g/mol. The van der Waals surface area contributed by atoms with Gasteiger partial charge in [0.1, 0.15) is 11.5 Å². The molecule has 3 aromatic rings. The van der Waals surface area contributed by atoms with Crippen molar-refractivity contribution in [3.05, 3.63) is 71.2 Å². The first-order valence-corrected chi connectivity index (χ1v) is 14.1. The quantitative estimate of drug-likeness (QED) is 0.414. The molecule has 0 radical (unpaired) electrons. The van der Waals surface area contributed by atoms with E-state index >= 15 is 0 Å². The number of nitrogens with zero attached hydrogens (tertiary/aromatic N) is 2. The molecule has 10 nitrogen and oxygen atoms in total. The predicted molar refractivity (Wildman–Crippen MR) is 145 cm³/mol. The Morgan fingerprint density at radius 1 is 0.974 bits per heavy atom. The van der Waals surface area contributed by atoms with Crippen molar-refractivity contribution in [3.8, 4) is 23.0 Å². The van der Waals surface area contributed by atoms with Gasteiger partial charge in [-0.15, -0.1) is 0 Å². The van der Waals surface area contributed by atoms with Gasteiger partial charge in [-0.05, 0) is 60.2 Å². The van der Waals surface area contributed by atoms with Crippen molar-refractivity contribution in [2.75, 3.05) is 51.4 Å². The highest BCUT2D eigenvalue weighted by atomic mass is 35.5. The van der Waals surface area contributed by atoms with Crippen LogP contribution in [-0.2, 0) is 21.4 Å². The number of rotatable bonds is 9. The number of nitrogens with one attached hydrogen (secondary N) is 1. The number of fused-ring (bicyclic) bond motifs is 1. The molecule has 5 rings (SSSR count). The zero-order valence-corrected chi connectivity index (χ0v) is 22.8. The number of piperazine rings is 1. The lowest BCUT2D eigenvalue weighted by molar-refractivity contribution is -0.135. The van der Waals surface area contributed by atoms with E-state index in [1.807, 2.05) is 18.2 Å². The lowest BCUT2D eigenvalue weighted by Gasteiger charge is -2.34. The molecule has 0 bridgehead atoms. The summed E-state index contributed by atoms with van der Waals surface area (Å²) in [5.74, 6) is 2.20. The second-order valence-corrected chi connectivity index (χ2v) is 11.1. The van der Waals surface area contributed by atoms with E-state index in [1.165, 1.54) is 25.3 Å². The topological polar surface area (TPSA) is 107 Å². The first-order valence-electron chi connectivity index (χ1n) is 12.3. The normalized spacial score (nSPS) is 15.2. The minimum absolute atomic E-state index is 0.0272. The van der Waals surface area contributed by atoms with E-state index in [0.29, 0.717) is 24.5 Å². The minimum Gasteiger partial charge on any atom is -0.497 e. The first kappa shape index (κ1) is 26.9. The van der Waals surface area contributed by atoms with Crippen LogP contribution in [0.25, 0.3) is 0 Å². The van der Waals surface area contributed by atoms with Gasteiger partial charge in [-0.2, -0.15) is 0 Å². The van der Waals surface area contributed by atoms with Crippen LogP contribution in [0.2, 0.25) is 5.02 Å². The molecule has 206 valence electrons. The molecule has 1 saturated heterocycles. The Morgan fingerprint density at radius 3 is 2.44 bits per heavy atom. The summed E-state index contributed by atoms with van der Waals surface area (Å²) in [6.07, 6.45) is 0. The van der Waals surface area contributed by atoms with Gasteiger partial charge < -0.3 is 23.8 Å². The fourth-order valence-electron chi connectivity index (χ4n) is 4.32. The number of carbonyl (C=O) groups is 1. The molecule has 0 atom stereocenters. The molecule has 12 heteroatoms. The fourth-order valence-corrected chi connectivity index (χ4v) is 5.71. The third-order valence-electron chi connectivity index (χ3n) is 6.48. The molecule has 1 fully saturated rings. The average Bonchev–Trinajstić information content (AvgIpc) is 3.41. The molecule has 2 aliphatic heterocycles. The number of benzene rings is 3. The Balaban J connectivity index is 1.11. The summed E-state index contributed by atoms with van der Waals surface area (Å²) < 4.78 is 49.6. The summed E-state index contributed by atoms with van der Waals surface area (Å²) in [7, 11) is -2.35. The number of sulfonamides is 1. The Hall–Kier alpha value is -3.67. The van der Waals surface area contributed by atoms with E-state index in [2.05, 4.69) is 9.62 Å². The standard InChI is InChI=1S/C27H28ClN3O7S/c1-35-21-5-3-20(4-6-21)29-39(33,34)22-7-9-24(23(28)15-22)36-17-27(32)31-12-10-30(11-13-31)16-19-2-8-25-26(14-19)38-18-37-25/h2-9,14-15,29H,10-13,16-18H2,1H3. The van der Waals surface area contributed by atoms with Crippen LogP contribution in [0.5, 0.6) is 23.0 Å². The first-order chi connectivity index (χ1) is 18.8. The molecule has 39 heavy (non-hydrogen) atoms. The third-order valence-corrected chi connectivity index (χ3v) is 8.15. The van der Waals surface area contributed by atoms with Crippen LogP contribution < -0.4 is 23.7 Å². The van der Waals surface area contributed by atoms with Gasteiger partial charge in [-0.25, -0.2) is 8.42 Å². The summed E-state index contributed by atoms with van der Waals surface area (Å²) in [4.78, 5) is 16.7. The fraction of sp³-hybridized carbons (Fsp3) is 0.296. The maximum absolute atomic E-state index is 12.8. The lowest BCUT2D eigenvalue weighted by atomic mass is 10.1. The second-order valence-electron chi connectivity index (χ2n) is 9.06. The highest BCUT2D eigenvalue weighted by Gasteiger charge is 2.23. The number of hydrogen-bond acceptors (Lipinski definition) is 8. The van der Waals surface area contributed by atoms with E-state index in [4.69, 9.17) is 30.5 Å². The van der Waals surface area contributed by atoms with E-state index in [0.717, 1.165) is 36.7 Å². The predicted octanol–water partition coefficient (Wildman–Crippen LogP) is 3.60. The molecule has 2 heterocycles. The molecule has 1 N–H and O–H groups in total. The Morgan fingerprint density at radius 2 is 1.72 bits per heavy atom. The van der Waals surface area contributed by atoms with Crippen molar-refractivity contribution >= 4 is 33.2 Å². The number of halogens is 1. The molecule has 1 amide bonds. The highest BCUT2D eigenvalue weighted by Crippen LogP contribution is 2.33. The van der Waals surface area contributed by atoms with Crippen LogP contribution in [0, 0.1) is 0 Å². The zero-order chi connectivity index (χ0) is 27.4. The van der Waals surface area contributed by atoms with Crippen molar-refractivity contribution in [2.24, 2.45) is 0 Å². The number of carbonyl (C=O) groups excluding carboxylic acids is 1. The molecule has 3 aromatic carbocycles. The van der Waals surface area contributed by atoms with E-state index in [1.54, 1.807) is 29.2 Å². The SMILES string of the molecule is COc1ccc(NS(=O)(=O)c2ccc(OCC(=O)N3CCN(Cc4ccc5c(c4)OCO5)CC3)c(Cl)c2)cc1. The van der Waals surface area contributed by atoms with Gasteiger partial charge in [-0.3, -0.25) is 14.4 Å². The maximum atomic E-state index is 12.8. The van der Waals surface area contributed by atoms with Gasteiger partial charge >= 0.3 is 0 Å². The van der Waals surface area contributed by atoms with E-state index < -0.39 is 10.0 Å². The lowest BCUT2D eigenvalue weighted by Crippen LogP contribution is -2.49. The summed E-state index contributed by atoms with van der Waals surface area (Å²) in [6, 6.07) is 16.5. The van der Waals surface area contributed by atoms with Crippen LogP contribution >= 0.6 is 11.6 Å². The minimum atomic E-state index is -3.88. The molecular formula is C27H28ClN3O7S. The summed E-state index contributed by atoms with van der Waals surface area (Å²) in [6.45, 7) is 3.43. The van der Waals surface area contributed by atoms with Gasteiger partial charge in [0.2, 0.25) is 6.79 Å². The molecular weight excluding hydrogens is 546 g/mol. The van der Waals surface area contributed by atoms with E-state index in [-0.39, 0.29) is 35.0 Å². The van der Waals surface area contributed by atoms with Gasteiger partial charge in [0.25, 0.3) is 15.9 Å². The Labute approximate surface area is 232 Å². The summed E-state index contributed by atoms with van der Waals surface area (Å²) in [5, 5.41) is 0.0916. The summed E-state index contributed by atoms with van der Waals surface area (Å²) >= 11 is 6.30. The maximum Gasteiger partial charge on any atom is 0.261 e. The second kappa shape index (κ2) is 11.6. The van der Waals surface area contributed by atoms with Gasteiger partial charge in [0, 0.05) is 38.4 Å². The van der Waals surface area contributed by atoms with Crippen LogP contribution in [0.3, 0.4) is 0 Å². The smallest absolute Gasteiger partial charge is 0.261 e. The zero-order valence-electron chi connectivity index (χ0n) is 21.3. The molecule has 2 aliphatic rings. The molecule has 0 saturated carbocycles. The Bertz CT molecular complexity index is 1440. The number of amides is 1. The van der Waals surface area contributed by atoms with Crippen LogP contribution in [0.1, 0.15) is 5.56 Å². The average molecular weight is 574 g/mol. The number of hydrogen-bond donors (Lipinski definition) is 1. The van der Waals surface area contributed by atoms with Crippen LogP contribution in [-0.4, -0.2) is 70.8 Å². The van der Waals surface area contributed by atoms with Crippen molar-refractivity contribution in [1.82, 2.24) is 9.80 Å². The van der Waals surface area contributed by atoms with Crippen LogP contribution in [0.4, 0.5) is 5.69 Å². The van der Waals surface area contributed by atoms with Gasteiger partial charge in [0.15, 0.2) is 18.1 Å². The van der Waals surface area contributed by atoms with Crippen molar-refractivity contribution in [1.29, 1.82) is 0 Å². The van der Waals surface area contributed by atoms with E-state index in [9.17, 15) is 13.2 Å². The Kier molecular flexibility index (Phi) is 8.01. The van der Waals surface area contributed by atoms with Crippen molar-refractivity contribution in [3.63, 3.8) is 0 Å². The third kappa shape index (κ3) is 6.49. The number of ether oxygens (including phenoxy) is 4.